The van der Waals surface area contributed by atoms with Gasteiger partial charge in [0.1, 0.15) is 26.9 Å². The lowest BCUT2D eigenvalue weighted by molar-refractivity contribution is 0.0520. The first-order valence-corrected chi connectivity index (χ1v) is 29.6. The number of amidine groups is 1. The van der Waals surface area contributed by atoms with Gasteiger partial charge in [-0.1, -0.05) is 39.8 Å². The van der Waals surface area contributed by atoms with E-state index in [1.165, 1.54) is 33.1 Å². The number of fused-ring (bicyclic) bond motifs is 3. The van der Waals surface area contributed by atoms with Crippen molar-refractivity contribution in [2.45, 2.75) is 83.9 Å². The van der Waals surface area contributed by atoms with Crippen molar-refractivity contribution >= 4 is 85.7 Å². The number of benzene rings is 2. The third-order valence-corrected chi connectivity index (χ3v) is 14.7. The Morgan fingerprint density at radius 2 is 1.24 bits per heavy atom. The number of aromatic hydroxyl groups is 2. The van der Waals surface area contributed by atoms with E-state index >= 15 is 0 Å². The Labute approximate surface area is 429 Å². The number of carbonyl (C=O) groups excluding carboxylic acids is 1. The summed E-state index contributed by atoms with van der Waals surface area (Å²) in [6.45, 7) is 13.6. The number of hydrogen-bond donors (Lipinski definition) is 7. The van der Waals surface area contributed by atoms with Crippen LogP contribution in [-0.2, 0) is 57.7 Å². The lowest BCUT2D eigenvalue weighted by atomic mass is 9.98. The van der Waals surface area contributed by atoms with Crippen molar-refractivity contribution in [3.8, 4) is 11.5 Å². The number of esters is 1. The summed E-state index contributed by atoms with van der Waals surface area (Å²) in [5, 5.41) is 29.5. The minimum Gasteiger partial charge on any atom is -0.507 e. The second kappa shape index (κ2) is 22.6. The second-order valence-electron chi connectivity index (χ2n) is 18.2. The van der Waals surface area contributed by atoms with E-state index < -0.39 is 57.2 Å². The van der Waals surface area contributed by atoms with E-state index in [-0.39, 0.29) is 67.6 Å². The number of nitrogen functional groups attached to an aromatic ring is 1. The van der Waals surface area contributed by atoms with Gasteiger partial charge in [-0.05, 0) is 119 Å². The number of carbonyl (C=O) groups is 1. The normalized spacial score (nSPS) is 13.2. The fourth-order valence-corrected chi connectivity index (χ4v) is 10.7. The number of nitrogens with zero attached hydrogens (tertiary/aromatic N) is 3. The molecule has 0 amide bonds. The number of primary sulfonamides is 1. The first kappa shape index (κ1) is 57.9. The summed E-state index contributed by atoms with van der Waals surface area (Å²) in [6, 6.07) is 18.3. The van der Waals surface area contributed by atoms with Gasteiger partial charge >= 0.3 is 5.97 Å². The van der Waals surface area contributed by atoms with Crippen LogP contribution in [0.1, 0.15) is 85.9 Å². The Morgan fingerprint density at radius 1 is 0.757 bits per heavy atom. The number of aromatic nitrogens is 2. The molecule has 0 fully saturated rings. The van der Waals surface area contributed by atoms with Crippen LogP contribution < -0.4 is 36.8 Å². The summed E-state index contributed by atoms with van der Waals surface area (Å²) in [7, 11) is -15.4. The summed E-state index contributed by atoms with van der Waals surface area (Å²) in [5.74, 6) is -0.869. The maximum atomic E-state index is 13.5. The number of nitrogens with two attached hydrogens (primary N) is 2. The number of anilines is 4. The van der Waals surface area contributed by atoms with Gasteiger partial charge in [0.25, 0.3) is 21.1 Å². The SMILES string of the molecule is CCOC(=O)c1c(O)c(CCC(C)C)c2cccc(C)n2c1=O.CS(=O)(=O)Nc1ccc(N)c(S(N)(=O)=O)c1.Cc1cccc2c(CCC(C)C)c(O)c(C3=NS(=O)(=O)c4cc(NS(C)(=O)=O)ccc4N3)c(=O)n12. The van der Waals surface area contributed by atoms with Crippen molar-refractivity contribution < 1.29 is 53.4 Å². The molecule has 0 spiro atoms. The lowest BCUT2D eigenvalue weighted by Crippen LogP contribution is -2.31. The molecule has 1 aliphatic rings. The topological polar surface area (TPSA) is 347 Å². The van der Waals surface area contributed by atoms with Crippen LogP contribution in [0.4, 0.5) is 22.7 Å². The van der Waals surface area contributed by atoms with Crippen LogP contribution in [0.5, 0.6) is 11.5 Å². The van der Waals surface area contributed by atoms with Gasteiger partial charge in [-0.15, -0.1) is 4.40 Å². The van der Waals surface area contributed by atoms with Crippen molar-refractivity contribution in [3.63, 3.8) is 0 Å². The summed E-state index contributed by atoms with van der Waals surface area (Å²) in [5.41, 5.74) is 7.59. The van der Waals surface area contributed by atoms with Crippen molar-refractivity contribution in [1.29, 1.82) is 0 Å². The highest BCUT2D eigenvalue weighted by Crippen LogP contribution is 2.35. The zero-order valence-electron chi connectivity index (χ0n) is 42.0. The molecule has 0 radical (unpaired) electrons. The smallest absolute Gasteiger partial charge is 0.347 e. The zero-order chi connectivity index (χ0) is 55.4. The number of sulfonamides is 4. The first-order valence-electron chi connectivity index (χ1n) is 22.8. The first-order chi connectivity index (χ1) is 34.3. The van der Waals surface area contributed by atoms with Crippen LogP contribution in [0.15, 0.2) is 96.6 Å². The molecule has 22 nitrogen and oxygen atoms in total. The molecule has 400 valence electrons. The predicted octanol–water partition coefficient (Wildman–Crippen LogP) is 5.20. The van der Waals surface area contributed by atoms with E-state index in [4.69, 9.17) is 15.6 Å². The highest BCUT2D eigenvalue weighted by molar-refractivity contribution is 7.92. The molecule has 0 atom stereocenters. The van der Waals surface area contributed by atoms with Crippen LogP contribution in [0.3, 0.4) is 0 Å². The highest BCUT2D eigenvalue weighted by Gasteiger charge is 2.31. The quantitative estimate of drug-likeness (QED) is 0.0544. The van der Waals surface area contributed by atoms with Gasteiger partial charge < -0.3 is 26.0 Å². The van der Waals surface area contributed by atoms with Crippen LogP contribution in [-0.4, -0.2) is 83.6 Å². The molecular formula is C48H60N8O14S4. The van der Waals surface area contributed by atoms with E-state index in [1.54, 1.807) is 51.1 Å². The molecule has 74 heavy (non-hydrogen) atoms. The summed E-state index contributed by atoms with van der Waals surface area (Å²) >= 11 is 0. The molecule has 7 rings (SSSR count). The molecule has 0 unspecified atom stereocenters. The monoisotopic (exact) mass is 1100 g/mol. The van der Waals surface area contributed by atoms with Crippen molar-refractivity contribution in [1.82, 2.24) is 8.80 Å². The molecular weight excluding hydrogens is 1040 g/mol. The molecule has 0 aliphatic carbocycles. The Morgan fingerprint density at radius 3 is 1.73 bits per heavy atom. The van der Waals surface area contributed by atoms with Gasteiger partial charge in [-0.2, -0.15) is 8.42 Å². The second-order valence-corrected chi connectivity index (χ2v) is 24.8. The Hall–Kier alpha value is -7.00. The van der Waals surface area contributed by atoms with E-state index in [1.807, 2.05) is 19.9 Å². The van der Waals surface area contributed by atoms with E-state index in [9.17, 15) is 58.3 Å². The average Bonchev–Trinajstić information content (AvgIpc) is 3.26. The molecule has 6 aromatic rings. The summed E-state index contributed by atoms with van der Waals surface area (Å²) in [4.78, 5) is 37.7. The number of aryl methyl sites for hydroxylation is 4. The van der Waals surface area contributed by atoms with Gasteiger partial charge in [0.15, 0.2) is 11.4 Å². The van der Waals surface area contributed by atoms with Crippen molar-refractivity contribution in [2.75, 3.05) is 39.6 Å². The minimum atomic E-state index is -4.32. The minimum absolute atomic E-state index is 0.0402. The fourth-order valence-electron chi connectivity index (χ4n) is 7.78. The van der Waals surface area contributed by atoms with E-state index in [0.29, 0.717) is 58.2 Å². The van der Waals surface area contributed by atoms with Gasteiger partial charge in [0.2, 0.25) is 30.1 Å². The molecule has 0 saturated carbocycles. The summed E-state index contributed by atoms with van der Waals surface area (Å²) < 4.78 is 109. The van der Waals surface area contributed by atoms with E-state index in [2.05, 4.69) is 33.0 Å². The zero-order valence-corrected chi connectivity index (χ0v) is 45.3. The average molecular weight is 1100 g/mol. The molecule has 0 bridgehead atoms. The van der Waals surface area contributed by atoms with Crippen LogP contribution in [0.25, 0.3) is 11.0 Å². The lowest BCUT2D eigenvalue weighted by Gasteiger charge is -2.21. The molecule has 9 N–H and O–H groups in total. The molecule has 1 aliphatic heterocycles. The molecule has 0 saturated heterocycles. The standard InChI is InChI=1S/C23H26N4O6S2.C18H23NO4.C7H11N3O4S2/c1-13(2)8-10-16-18-7-5-6-14(3)27(18)23(29)20(21(16)28)22-24-17-11-9-15(25-34(4,30)31)12-19(17)35(32,33)26-22;1-5-23-18(22)15-16(20)13(10-9-11(2)3)14-8-6-7-12(4)19(14)17(15)21;1-15(11,12)10-5-2-3-6(8)7(4-5)16(9,13)14/h5-7,9,11-13,25,28H,8,10H2,1-4H3,(H,24,26);6-8,11,20H,5,9-10H2,1-4H3;2-4,10H,8H2,1H3,(H2,9,13,14). The van der Waals surface area contributed by atoms with Crippen molar-refractivity contribution in [2.24, 2.45) is 21.4 Å². The van der Waals surface area contributed by atoms with Crippen LogP contribution >= 0.6 is 0 Å². The number of hydrogen-bond acceptors (Lipinski definition) is 16. The largest absolute Gasteiger partial charge is 0.507 e. The number of ether oxygens (including phenoxy) is 1. The number of rotatable bonds is 14. The molecule has 2 aromatic carbocycles. The maximum Gasteiger partial charge on any atom is 0.347 e. The van der Waals surface area contributed by atoms with Gasteiger partial charge in [0, 0.05) is 33.9 Å². The summed E-state index contributed by atoms with van der Waals surface area (Å²) in [6.07, 6.45) is 4.54. The predicted molar refractivity (Wildman–Crippen MR) is 285 cm³/mol. The van der Waals surface area contributed by atoms with Crippen molar-refractivity contribution in [3.05, 3.63) is 127 Å². The molecule has 5 heterocycles. The third-order valence-electron chi connectivity index (χ3n) is 11.2. The fraction of sp³-hybridized carbons (Fsp3) is 0.333. The van der Waals surface area contributed by atoms with Gasteiger partial charge in [-0.3, -0.25) is 27.8 Å². The number of pyridine rings is 4. The highest BCUT2D eigenvalue weighted by atomic mass is 32.2. The Kier molecular flexibility index (Phi) is 17.7. The Balaban J connectivity index is 0.000000224. The van der Waals surface area contributed by atoms with Gasteiger partial charge in [-0.25, -0.2) is 35.2 Å². The number of nitrogens with one attached hydrogen (secondary N) is 3. The third kappa shape index (κ3) is 13.8. The van der Waals surface area contributed by atoms with Crippen LogP contribution in [0.2, 0.25) is 0 Å². The maximum absolute atomic E-state index is 13.5. The Bertz CT molecular complexity index is 3800. The van der Waals surface area contributed by atoms with Gasteiger partial charge in [0.05, 0.1) is 41.5 Å². The van der Waals surface area contributed by atoms with Crippen LogP contribution in [0, 0.1) is 25.7 Å². The molecule has 26 heteroatoms. The van der Waals surface area contributed by atoms with E-state index in [0.717, 1.165) is 37.5 Å². The molecule has 4 aromatic heterocycles.